The summed E-state index contributed by atoms with van der Waals surface area (Å²) >= 11 is 0. The van der Waals surface area contributed by atoms with Gasteiger partial charge >= 0.3 is 5.97 Å². The van der Waals surface area contributed by atoms with Gasteiger partial charge in [-0.05, 0) is 51.9 Å². The second kappa shape index (κ2) is 8.12. The number of amidine groups is 1. The minimum absolute atomic E-state index is 0.148. The van der Waals surface area contributed by atoms with Gasteiger partial charge in [-0.1, -0.05) is 0 Å². The average Bonchev–Trinajstić information content (AvgIpc) is 3.03. The fourth-order valence-corrected chi connectivity index (χ4v) is 3.90. The van der Waals surface area contributed by atoms with Crippen LogP contribution in [0.15, 0.2) is 29.1 Å². The molecule has 0 aromatic rings. The first-order chi connectivity index (χ1) is 13.0. The number of esters is 1. The van der Waals surface area contributed by atoms with Crippen LogP contribution in [-0.2, 0) is 19.1 Å². The molecule has 0 spiro atoms. The van der Waals surface area contributed by atoms with Gasteiger partial charge in [0.1, 0.15) is 6.04 Å². The van der Waals surface area contributed by atoms with Crippen LogP contribution in [0.25, 0.3) is 0 Å². The van der Waals surface area contributed by atoms with Crippen molar-refractivity contribution in [3.63, 3.8) is 0 Å². The highest BCUT2D eigenvalue weighted by Gasteiger charge is 2.44. The Labute approximate surface area is 159 Å². The number of hydrogen-bond acceptors (Lipinski definition) is 7. The molecule has 2 unspecified atom stereocenters. The van der Waals surface area contributed by atoms with E-state index in [-0.39, 0.29) is 24.5 Å². The van der Waals surface area contributed by atoms with Crippen LogP contribution in [0.5, 0.6) is 0 Å². The van der Waals surface area contributed by atoms with Gasteiger partial charge < -0.3 is 25.0 Å². The zero-order chi connectivity index (χ0) is 19.4. The Hall–Kier alpha value is -2.35. The van der Waals surface area contributed by atoms with Gasteiger partial charge in [0, 0.05) is 12.7 Å². The molecule has 0 aromatic heterocycles. The summed E-state index contributed by atoms with van der Waals surface area (Å²) in [5.41, 5.74) is -0.671. The van der Waals surface area contributed by atoms with Crippen molar-refractivity contribution in [1.82, 2.24) is 15.5 Å². The van der Waals surface area contributed by atoms with Crippen LogP contribution < -0.4 is 10.6 Å². The number of allylic oxidation sites excluding steroid dienone is 2. The third-order valence-electron chi connectivity index (χ3n) is 5.39. The van der Waals surface area contributed by atoms with Gasteiger partial charge in [-0.3, -0.25) is 14.6 Å². The van der Waals surface area contributed by atoms with Crippen molar-refractivity contribution in [2.24, 2.45) is 10.4 Å². The third kappa shape index (κ3) is 3.71. The zero-order valence-electron chi connectivity index (χ0n) is 16.2. The standard InChI is InChI=1S/C19H28N4O4/c1-4-27-14-6-5-11-23-15(13(2)22-16(14)23)17(24)21-12-19(18(25)26-3)7-9-20-10-8-19/h5-6,11,13,15,20H,4,7-10,12H2,1-3H3,(H,21,24). The monoisotopic (exact) mass is 376 g/mol. The summed E-state index contributed by atoms with van der Waals surface area (Å²) in [5.74, 6) is 0.939. The second-order valence-corrected chi connectivity index (χ2v) is 7.09. The van der Waals surface area contributed by atoms with Crippen molar-refractivity contribution >= 4 is 17.7 Å². The molecule has 0 radical (unpaired) electrons. The summed E-state index contributed by atoms with van der Waals surface area (Å²) < 4.78 is 10.6. The molecule has 3 aliphatic rings. The summed E-state index contributed by atoms with van der Waals surface area (Å²) in [6.45, 7) is 6.09. The van der Waals surface area contributed by atoms with Crippen LogP contribution in [0.2, 0.25) is 0 Å². The maximum Gasteiger partial charge on any atom is 0.313 e. The van der Waals surface area contributed by atoms with E-state index in [9.17, 15) is 9.59 Å². The minimum atomic E-state index is -0.671. The van der Waals surface area contributed by atoms with Crippen LogP contribution >= 0.6 is 0 Å². The lowest BCUT2D eigenvalue weighted by atomic mass is 9.78. The number of amides is 1. The Morgan fingerprint density at radius 2 is 2.15 bits per heavy atom. The molecule has 0 aromatic carbocycles. The van der Waals surface area contributed by atoms with Gasteiger partial charge in [0.05, 0.1) is 25.2 Å². The first-order valence-electron chi connectivity index (χ1n) is 9.47. The van der Waals surface area contributed by atoms with Gasteiger partial charge in [-0.15, -0.1) is 0 Å². The summed E-state index contributed by atoms with van der Waals surface area (Å²) in [4.78, 5) is 31.8. The number of nitrogens with one attached hydrogen (secondary N) is 2. The first kappa shape index (κ1) is 19.4. The highest BCUT2D eigenvalue weighted by atomic mass is 16.5. The summed E-state index contributed by atoms with van der Waals surface area (Å²) in [5, 5.41) is 6.23. The van der Waals surface area contributed by atoms with E-state index in [4.69, 9.17) is 9.47 Å². The fourth-order valence-electron chi connectivity index (χ4n) is 3.90. The first-order valence-corrected chi connectivity index (χ1v) is 9.47. The Bertz CT molecular complexity index is 679. The maximum atomic E-state index is 13.0. The lowest BCUT2D eigenvalue weighted by molar-refractivity contribution is -0.154. The number of carbonyl (C=O) groups excluding carboxylic acids is 2. The number of piperidine rings is 1. The summed E-state index contributed by atoms with van der Waals surface area (Å²) in [7, 11) is 1.40. The number of methoxy groups -OCH3 is 1. The van der Waals surface area contributed by atoms with E-state index >= 15 is 0 Å². The number of fused-ring (bicyclic) bond motifs is 1. The molecule has 3 rings (SSSR count). The normalized spacial score (nSPS) is 26.0. The molecule has 8 nitrogen and oxygen atoms in total. The van der Waals surface area contributed by atoms with E-state index in [0.717, 1.165) is 13.1 Å². The van der Waals surface area contributed by atoms with Crippen LogP contribution in [0.1, 0.15) is 26.7 Å². The maximum absolute atomic E-state index is 13.0. The van der Waals surface area contributed by atoms with E-state index in [1.807, 2.05) is 37.1 Å². The largest absolute Gasteiger partial charge is 0.490 e. The van der Waals surface area contributed by atoms with Crippen LogP contribution in [0.3, 0.4) is 0 Å². The van der Waals surface area contributed by atoms with E-state index in [1.165, 1.54) is 7.11 Å². The van der Waals surface area contributed by atoms with Crippen LogP contribution in [0.4, 0.5) is 0 Å². The molecule has 3 aliphatic heterocycles. The van der Waals surface area contributed by atoms with Crippen molar-refractivity contribution in [1.29, 1.82) is 0 Å². The van der Waals surface area contributed by atoms with Crippen molar-refractivity contribution in [3.8, 4) is 0 Å². The van der Waals surface area contributed by atoms with Gasteiger partial charge in [-0.25, -0.2) is 0 Å². The molecule has 3 heterocycles. The second-order valence-electron chi connectivity index (χ2n) is 7.09. The highest BCUT2D eigenvalue weighted by Crippen LogP contribution is 2.30. The Balaban J connectivity index is 1.69. The van der Waals surface area contributed by atoms with Crippen molar-refractivity contribution in [2.75, 3.05) is 33.4 Å². The number of rotatable bonds is 6. The highest BCUT2D eigenvalue weighted by molar-refractivity contribution is 6.03. The molecule has 148 valence electrons. The van der Waals surface area contributed by atoms with Crippen molar-refractivity contribution in [2.45, 2.75) is 38.8 Å². The van der Waals surface area contributed by atoms with E-state index < -0.39 is 11.5 Å². The molecule has 1 fully saturated rings. The van der Waals surface area contributed by atoms with Gasteiger partial charge in [0.25, 0.3) is 0 Å². The molecule has 2 N–H and O–H groups in total. The Kier molecular flexibility index (Phi) is 5.84. The number of carbonyl (C=O) groups is 2. The summed E-state index contributed by atoms with van der Waals surface area (Å²) in [6, 6.07) is -0.675. The molecule has 8 heteroatoms. The fraction of sp³-hybridized carbons (Fsp3) is 0.632. The Morgan fingerprint density at radius 3 is 2.81 bits per heavy atom. The topological polar surface area (TPSA) is 92.3 Å². The molecule has 1 amide bonds. The number of ether oxygens (including phenoxy) is 2. The number of aliphatic imine (C=N–C) groups is 1. The lowest BCUT2D eigenvalue weighted by Gasteiger charge is -2.35. The average molecular weight is 376 g/mol. The lowest BCUT2D eigenvalue weighted by Crippen LogP contribution is -2.54. The van der Waals surface area contributed by atoms with Gasteiger partial charge in [0.2, 0.25) is 5.91 Å². The van der Waals surface area contributed by atoms with E-state index in [0.29, 0.717) is 31.0 Å². The molecule has 0 bridgehead atoms. The molecular weight excluding hydrogens is 348 g/mol. The predicted molar refractivity (Wildman–Crippen MR) is 101 cm³/mol. The van der Waals surface area contributed by atoms with Crippen molar-refractivity contribution in [3.05, 3.63) is 24.1 Å². The van der Waals surface area contributed by atoms with Crippen molar-refractivity contribution < 1.29 is 19.1 Å². The molecule has 27 heavy (non-hydrogen) atoms. The number of nitrogens with zero attached hydrogens (tertiary/aromatic N) is 2. The molecular formula is C19H28N4O4. The predicted octanol–water partition coefficient (Wildman–Crippen LogP) is 0.564. The van der Waals surface area contributed by atoms with Gasteiger partial charge in [-0.2, -0.15) is 0 Å². The smallest absolute Gasteiger partial charge is 0.313 e. The summed E-state index contributed by atoms with van der Waals surface area (Å²) in [6.07, 6.45) is 6.83. The minimum Gasteiger partial charge on any atom is -0.490 e. The quantitative estimate of drug-likeness (QED) is 0.659. The van der Waals surface area contributed by atoms with E-state index in [2.05, 4.69) is 15.6 Å². The molecule has 0 saturated carbocycles. The molecule has 2 atom stereocenters. The third-order valence-corrected chi connectivity index (χ3v) is 5.39. The Morgan fingerprint density at radius 1 is 1.41 bits per heavy atom. The van der Waals surface area contributed by atoms with Gasteiger partial charge in [0.15, 0.2) is 11.6 Å². The molecule has 1 saturated heterocycles. The SMILES string of the molecule is CCOC1=CC=CN2C1=NC(C)C2C(=O)NCC1(C(=O)OC)CCNCC1. The van der Waals surface area contributed by atoms with E-state index in [1.54, 1.807) is 0 Å². The zero-order valence-corrected chi connectivity index (χ0v) is 16.2. The number of hydrogen-bond donors (Lipinski definition) is 2. The van der Waals surface area contributed by atoms with Crippen LogP contribution in [-0.4, -0.2) is 68.0 Å². The molecule has 0 aliphatic carbocycles. The van der Waals surface area contributed by atoms with Crippen LogP contribution in [0, 0.1) is 5.41 Å².